The Morgan fingerprint density at radius 3 is 1.16 bits per heavy atom. The Balaban J connectivity index is 1.00. The quantitative estimate of drug-likeness (QED) is 0.0156. The normalized spacial score (nSPS) is 15.6. The number of Topliss-reactive ketones (excluding diaryl/α,β-unsaturated/α-hetero) is 1. The van der Waals surface area contributed by atoms with Gasteiger partial charge in [0.25, 0.3) is 0 Å². The maximum Gasteiger partial charge on any atom is 0.303 e. The van der Waals surface area contributed by atoms with Crippen molar-refractivity contribution in [3.8, 4) is 22.3 Å². The molecule has 0 spiro atoms. The van der Waals surface area contributed by atoms with Crippen LogP contribution in [0.4, 0.5) is 11.4 Å². The number of ether oxygens (including phenoxy) is 18. The molecule has 752 valence electrons. The molecule has 5 N–H and O–H groups in total. The predicted molar refractivity (Wildman–Crippen MR) is 516 cm³/mol. The summed E-state index contributed by atoms with van der Waals surface area (Å²) in [5.74, 6) is -2.01. The van der Waals surface area contributed by atoms with Gasteiger partial charge in [0.1, 0.15) is 12.3 Å². The van der Waals surface area contributed by atoms with Gasteiger partial charge in [-0.15, -0.1) is 0 Å². The van der Waals surface area contributed by atoms with Gasteiger partial charge in [-0.3, -0.25) is 24.0 Å². The molecule has 31 heteroatoms. The molecule has 0 radical (unpaired) electrons. The molecule has 8 rings (SSSR count). The van der Waals surface area contributed by atoms with Gasteiger partial charge in [-0.25, -0.2) is 0 Å². The Hall–Kier alpha value is -8.13. The molecule has 2 aliphatic carbocycles. The molecule has 1 unspecified atom stereocenters. The van der Waals surface area contributed by atoms with E-state index in [1.807, 2.05) is 6.07 Å². The van der Waals surface area contributed by atoms with Crippen molar-refractivity contribution in [1.82, 2.24) is 16.0 Å². The zero-order valence-electron chi connectivity index (χ0n) is 82.0. The first kappa shape index (κ1) is 112. The number of ketones is 1. The first-order valence-corrected chi connectivity index (χ1v) is 48.6. The standard InChI is InChI=1S/C104H155N5O26/c1-80-27-28-83-85-77-91-93(79-89(85)104(87(83)75-80,35-31-97(112)106-38-43-122-52-55-128-64-67-134-73-70-131-61-58-125-49-46-119-8)36-32-98(113)107-39-44-123-53-56-129-65-68-135-74-71-132-62-59-126-50-47-120-9)109(41-20-12-16-26-100(116)117)95(102(91,5)6)24-14-10-13-23-94-101(3,4)90-76-84-82-21-17-18-22-86(82)103(33-29-81(2)110,88(84)78-92(90)108(94)40-19-11-15-25-99(114)115)34-30-96(111)105-37-42-121-51-54-127-63-66-133-72-69-130-60-57-124-48-45-118-7/h10,13-14,17-18,21-24,27-28,75-79H,11-12,15-16,19-20,25-26,29-74H2,1-9H3,(H4-,105,106,107,111,112,113,114,115,116,117)/p+1. The van der Waals surface area contributed by atoms with Crippen LogP contribution in [0.15, 0.2) is 103 Å². The summed E-state index contributed by atoms with van der Waals surface area (Å²) in [6.45, 7) is 29.1. The first-order valence-electron chi connectivity index (χ1n) is 48.6. The molecule has 31 nitrogen and oxygen atoms in total. The van der Waals surface area contributed by atoms with Gasteiger partial charge in [0.05, 0.1) is 223 Å². The molecular formula is C104H156N5O26+. The Labute approximate surface area is 800 Å². The highest BCUT2D eigenvalue weighted by Gasteiger charge is 2.51. The van der Waals surface area contributed by atoms with Crippen LogP contribution in [0.25, 0.3) is 22.3 Å². The number of carboxylic acids is 2. The summed E-state index contributed by atoms with van der Waals surface area (Å²) < 4.78 is 102. The number of amides is 3. The Morgan fingerprint density at radius 1 is 0.363 bits per heavy atom. The third-order valence-corrected chi connectivity index (χ3v) is 24.8. The Morgan fingerprint density at radius 2 is 0.733 bits per heavy atom. The van der Waals surface area contributed by atoms with Gasteiger partial charge in [-0.1, -0.05) is 86.5 Å². The van der Waals surface area contributed by atoms with E-state index in [4.69, 9.17) is 85.3 Å². The van der Waals surface area contributed by atoms with Crippen LogP contribution in [-0.2, 0) is 136 Å². The van der Waals surface area contributed by atoms with Crippen LogP contribution in [-0.4, -0.2) is 328 Å². The molecule has 0 fully saturated rings. The van der Waals surface area contributed by atoms with Gasteiger partial charge in [0.2, 0.25) is 23.4 Å². The van der Waals surface area contributed by atoms with Gasteiger partial charge < -0.3 is 121 Å². The lowest BCUT2D eigenvalue weighted by Gasteiger charge is -2.33. The number of methoxy groups -OCH3 is 3. The van der Waals surface area contributed by atoms with Gasteiger partial charge in [0.15, 0.2) is 5.71 Å². The van der Waals surface area contributed by atoms with Crippen molar-refractivity contribution in [2.24, 2.45) is 0 Å². The number of fused-ring (bicyclic) bond motifs is 8. The number of carbonyl (C=O) groups is 6. The summed E-state index contributed by atoms with van der Waals surface area (Å²) >= 11 is 0. The number of anilines is 1. The summed E-state index contributed by atoms with van der Waals surface area (Å²) in [5, 5.41) is 28.8. The molecule has 0 saturated carbocycles. The predicted octanol–water partition coefficient (Wildman–Crippen LogP) is 12.2. The van der Waals surface area contributed by atoms with Crippen LogP contribution in [0.5, 0.6) is 0 Å². The van der Waals surface area contributed by atoms with E-state index < -0.39 is 33.6 Å². The van der Waals surface area contributed by atoms with Crippen LogP contribution < -0.4 is 20.9 Å². The Bertz CT molecular complexity index is 4280. The van der Waals surface area contributed by atoms with Crippen molar-refractivity contribution in [3.63, 3.8) is 0 Å². The van der Waals surface area contributed by atoms with Crippen LogP contribution in [0.3, 0.4) is 0 Å². The molecule has 0 aromatic heterocycles. The van der Waals surface area contributed by atoms with E-state index in [0.29, 0.717) is 289 Å². The number of rotatable bonds is 81. The van der Waals surface area contributed by atoms with E-state index in [-0.39, 0.29) is 81.9 Å². The van der Waals surface area contributed by atoms with E-state index in [1.165, 1.54) is 0 Å². The largest absolute Gasteiger partial charge is 0.481 e. The average Bonchev–Trinajstić information content (AvgIpc) is 1.54. The second-order valence-corrected chi connectivity index (χ2v) is 35.1. The molecule has 4 aliphatic rings. The summed E-state index contributed by atoms with van der Waals surface area (Å²) in [6.07, 6.45) is 17.2. The number of benzene rings is 4. The molecule has 0 bridgehead atoms. The zero-order valence-corrected chi connectivity index (χ0v) is 82.0. The number of nitrogens with zero attached hydrogens (tertiary/aromatic N) is 2. The summed E-state index contributed by atoms with van der Waals surface area (Å²) in [4.78, 5) is 82.0. The minimum absolute atomic E-state index is 0.0616. The Kier molecular flexibility index (Phi) is 52.7. The second-order valence-electron chi connectivity index (χ2n) is 35.1. The molecule has 1 atom stereocenters. The summed E-state index contributed by atoms with van der Waals surface area (Å²) in [5.41, 5.74) is 13.4. The molecule has 3 amide bonds. The highest BCUT2D eigenvalue weighted by molar-refractivity contribution is 6.04. The molecule has 2 aliphatic heterocycles. The number of carboxylic acid groups (broad SMARTS) is 2. The van der Waals surface area contributed by atoms with Crippen molar-refractivity contribution < 1.29 is 129 Å². The highest BCUT2D eigenvalue weighted by atomic mass is 16.6. The maximum atomic E-state index is 14.3. The smallest absolute Gasteiger partial charge is 0.303 e. The minimum atomic E-state index is -0.837. The average molecular weight is 1890 g/mol. The van der Waals surface area contributed by atoms with Crippen molar-refractivity contribution >= 4 is 52.5 Å². The maximum absolute atomic E-state index is 14.3. The van der Waals surface area contributed by atoms with Crippen molar-refractivity contribution in [2.75, 3.05) is 277 Å². The third kappa shape index (κ3) is 37.2. The van der Waals surface area contributed by atoms with Crippen molar-refractivity contribution in [3.05, 3.63) is 142 Å². The number of nitrogens with one attached hydrogen (secondary N) is 3. The molecule has 135 heavy (non-hydrogen) atoms. The van der Waals surface area contributed by atoms with E-state index in [0.717, 1.165) is 90.4 Å². The lowest BCUT2D eigenvalue weighted by atomic mass is 9.70. The first-order chi connectivity index (χ1) is 65.6. The topological polar surface area (TPSA) is 351 Å². The molecular weight excluding hydrogens is 1740 g/mol. The fourth-order valence-electron chi connectivity index (χ4n) is 17.8. The number of aliphatic carboxylic acids is 2. The lowest BCUT2D eigenvalue weighted by molar-refractivity contribution is -0.438. The number of unbranched alkanes of at least 4 members (excludes halogenated alkanes) is 4. The second kappa shape index (κ2) is 63.5. The number of allylic oxidation sites excluding steroid dienone is 6. The van der Waals surface area contributed by atoms with Crippen LogP contribution >= 0.6 is 0 Å². The fraction of sp³-hybridized carbons (Fsp3) is 0.644. The van der Waals surface area contributed by atoms with Gasteiger partial charge in [-0.2, -0.15) is 4.58 Å². The van der Waals surface area contributed by atoms with E-state index in [2.05, 4.69) is 151 Å². The van der Waals surface area contributed by atoms with Gasteiger partial charge in [0, 0.05) is 138 Å². The SMILES string of the molecule is COCCOCCOCCOCCOCCOCCNC(=O)CCC1(CCC(C)=O)c2ccccc2-c2cc3c(cc21)N(CCCCCC(=O)O)\C(=C/C=C/C=C/C1=[N+](CCCCCC(=O)O)c2cc4c(cc2C1(C)C)-c1ccc(C)cc1C4(CCC(=O)NCCOCCOCCOCCOCCOCCOC)CCC(=O)NCCOCCOCCOCCOCCOCCOC)C3(C)C. The molecule has 0 saturated heterocycles. The monoisotopic (exact) mass is 1890 g/mol. The number of hydrogen-bond acceptors (Lipinski definition) is 25. The summed E-state index contributed by atoms with van der Waals surface area (Å²) in [7, 11) is 4.90. The molecule has 2 heterocycles. The summed E-state index contributed by atoms with van der Waals surface area (Å²) in [6, 6.07) is 24.2. The fourth-order valence-corrected chi connectivity index (χ4v) is 17.8. The number of hydrogen-bond donors (Lipinski definition) is 5. The van der Waals surface area contributed by atoms with E-state index in [1.54, 1.807) is 28.3 Å². The van der Waals surface area contributed by atoms with Crippen LogP contribution in [0.1, 0.15) is 176 Å². The number of aryl methyl sites for hydroxylation is 1. The van der Waals surface area contributed by atoms with Crippen LogP contribution in [0, 0.1) is 6.92 Å². The van der Waals surface area contributed by atoms with Gasteiger partial charge in [-0.05, 0) is 153 Å². The van der Waals surface area contributed by atoms with E-state index >= 15 is 0 Å². The van der Waals surface area contributed by atoms with Gasteiger partial charge >= 0.3 is 11.9 Å². The zero-order chi connectivity index (χ0) is 96.6. The highest BCUT2D eigenvalue weighted by Crippen LogP contribution is 2.60. The minimum Gasteiger partial charge on any atom is -0.481 e. The number of carbonyl (C=O) groups excluding carboxylic acids is 4. The van der Waals surface area contributed by atoms with E-state index in [9.17, 15) is 39.0 Å². The van der Waals surface area contributed by atoms with Crippen molar-refractivity contribution in [1.29, 1.82) is 0 Å². The van der Waals surface area contributed by atoms with Crippen molar-refractivity contribution in [2.45, 2.75) is 166 Å². The lowest BCUT2D eigenvalue weighted by Crippen LogP contribution is -2.34. The molecule has 4 aromatic rings. The van der Waals surface area contributed by atoms with Crippen LogP contribution in [0.2, 0.25) is 0 Å². The molecule has 4 aromatic carbocycles. The third-order valence-electron chi connectivity index (χ3n) is 24.8.